The van der Waals surface area contributed by atoms with E-state index in [1.165, 1.54) is 0 Å². The molecule has 0 unspecified atom stereocenters. The van der Waals surface area contributed by atoms with Crippen LogP contribution in [0.15, 0.2) is 36.7 Å². The third-order valence-corrected chi connectivity index (χ3v) is 2.34. The molecule has 0 atom stereocenters. The topological polar surface area (TPSA) is 65.2 Å². The quantitative estimate of drug-likeness (QED) is 0.851. The van der Waals surface area contributed by atoms with Crippen molar-refractivity contribution in [1.82, 2.24) is 4.98 Å². The van der Waals surface area contributed by atoms with E-state index >= 15 is 0 Å². The maximum absolute atomic E-state index is 10.4. The van der Waals surface area contributed by atoms with Crippen molar-refractivity contribution in [3.8, 4) is 0 Å². The number of ether oxygens (including phenoxy) is 1. The van der Waals surface area contributed by atoms with Gasteiger partial charge in [-0.05, 0) is 17.0 Å². The zero-order valence-electron chi connectivity index (χ0n) is 8.72. The van der Waals surface area contributed by atoms with Gasteiger partial charge in [-0.1, -0.05) is 18.2 Å². The summed E-state index contributed by atoms with van der Waals surface area (Å²) in [7, 11) is 0. The summed E-state index contributed by atoms with van der Waals surface area (Å²) in [6.45, 7) is 0.311. The van der Waals surface area contributed by atoms with Gasteiger partial charge in [0.15, 0.2) is 0 Å². The van der Waals surface area contributed by atoms with Gasteiger partial charge in [-0.15, -0.1) is 0 Å². The summed E-state index contributed by atoms with van der Waals surface area (Å²) in [6.07, 6.45) is 3.51. The van der Waals surface area contributed by atoms with E-state index in [0.717, 1.165) is 16.3 Å². The van der Waals surface area contributed by atoms with Gasteiger partial charge in [0.05, 0.1) is 6.61 Å². The molecule has 0 saturated carbocycles. The number of aromatic nitrogens is 1. The zero-order chi connectivity index (χ0) is 11.4. The number of pyridine rings is 1. The second kappa shape index (κ2) is 4.61. The standard InChI is InChI=1S/C12H12N2O2/c13-12(15)16-6-4-9-1-2-11-8-14-5-3-10(11)7-9/h1-3,5,7-8H,4,6H2,(H2,13,15). The molecule has 1 heterocycles. The minimum absolute atomic E-state index is 0.311. The number of carbonyl (C=O) groups excluding carboxylic acids is 1. The summed E-state index contributed by atoms with van der Waals surface area (Å²) in [5.74, 6) is 0. The second-order valence-corrected chi connectivity index (χ2v) is 3.47. The van der Waals surface area contributed by atoms with Crippen LogP contribution in [0.4, 0.5) is 4.79 Å². The molecule has 1 aromatic carbocycles. The van der Waals surface area contributed by atoms with Gasteiger partial charge < -0.3 is 10.5 Å². The monoisotopic (exact) mass is 216 g/mol. The number of benzene rings is 1. The maximum Gasteiger partial charge on any atom is 0.404 e. The van der Waals surface area contributed by atoms with Crippen molar-refractivity contribution in [1.29, 1.82) is 0 Å². The van der Waals surface area contributed by atoms with Gasteiger partial charge in [0.25, 0.3) is 0 Å². The number of primary amides is 1. The van der Waals surface area contributed by atoms with E-state index in [-0.39, 0.29) is 0 Å². The van der Waals surface area contributed by atoms with Gasteiger partial charge in [0.1, 0.15) is 0 Å². The minimum atomic E-state index is -0.731. The number of hydrogen-bond donors (Lipinski definition) is 1. The van der Waals surface area contributed by atoms with Crippen LogP contribution in [-0.2, 0) is 11.2 Å². The Morgan fingerprint density at radius 1 is 1.31 bits per heavy atom. The van der Waals surface area contributed by atoms with E-state index in [1.54, 1.807) is 6.20 Å². The normalized spacial score (nSPS) is 10.2. The number of nitrogens with two attached hydrogens (primary N) is 1. The van der Waals surface area contributed by atoms with Crippen LogP contribution >= 0.6 is 0 Å². The Labute approximate surface area is 93.0 Å². The summed E-state index contributed by atoms with van der Waals surface area (Å²) in [5.41, 5.74) is 5.99. The molecule has 0 aliphatic heterocycles. The average molecular weight is 216 g/mol. The van der Waals surface area contributed by atoms with Crippen LogP contribution in [0.3, 0.4) is 0 Å². The molecule has 0 fully saturated rings. The average Bonchev–Trinajstić information content (AvgIpc) is 2.28. The molecule has 2 N–H and O–H groups in total. The predicted molar refractivity (Wildman–Crippen MR) is 61.0 cm³/mol. The fraction of sp³-hybridized carbons (Fsp3) is 0.167. The van der Waals surface area contributed by atoms with Crippen LogP contribution in [0.2, 0.25) is 0 Å². The van der Waals surface area contributed by atoms with Crippen LogP contribution in [-0.4, -0.2) is 17.7 Å². The summed E-state index contributed by atoms with van der Waals surface area (Å²) in [5, 5.41) is 2.23. The number of fused-ring (bicyclic) bond motifs is 1. The Balaban J connectivity index is 2.10. The van der Waals surface area contributed by atoms with Crippen LogP contribution in [0, 0.1) is 0 Å². The van der Waals surface area contributed by atoms with Crippen molar-refractivity contribution in [2.75, 3.05) is 6.61 Å². The van der Waals surface area contributed by atoms with Crippen molar-refractivity contribution in [3.63, 3.8) is 0 Å². The molecule has 1 amide bonds. The fourth-order valence-electron chi connectivity index (χ4n) is 1.56. The molecule has 82 valence electrons. The van der Waals surface area contributed by atoms with Gasteiger partial charge in [0, 0.05) is 24.2 Å². The summed E-state index contributed by atoms with van der Waals surface area (Å²) in [4.78, 5) is 14.4. The highest BCUT2D eigenvalue weighted by molar-refractivity contribution is 5.82. The SMILES string of the molecule is NC(=O)OCCc1ccc2cnccc2c1. The Hall–Kier alpha value is -2.10. The predicted octanol–water partition coefficient (Wildman–Crippen LogP) is 1.87. The van der Waals surface area contributed by atoms with E-state index in [0.29, 0.717) is 13.0 Å². The molecule has 0 spiro atoms. The first-order chi connectivity index (χ1) is 7.75. The molecule has 0 aliphatic carbocycles. The molecule has 2 aromatic rings. The molecule has 0 saturated heterocycles. The summed E-state index contributed by atoms with van der Waals surface area (Å²) < 4.78 is 4.68. The first kappa shape index (κ1) is 10.4. The molecule has 1 aromatic heterocycles. The molecule has 16 heavy (non-hydrogen) atoms. The highest BCUT2D eigenvalue weighted by atomic mass is 16.5. The second-order valence-electron chi connectivity index (χ2n) is 3.47. The van der Waals surface area contributed by atoms with Crippen molar-refractivity contribution in [2.45, 2.75) is 6.42 Å². The van der Waals surface area contributed by atoms with Crippen LogP contribution < -0.4 is 5.73 Å². The molecule has 0 radical (unpaired) electrons. The number of carbonyl (C=O) groups is 1. The highest BCUT2D eigenvalue weighted by Crippen LogP contribution is 2.14. The number of amides is 1. The number of nitrogens with zero attached hydrogens (tertiary/aromatic N) is 1. The summed E-state index contributed by atoms with van der Waals surface area (Å²) in [6, 6.07) is 8.01. The zero-order valence-corrected chi connectivity index (χ0v) is 8.72. The lowest BCUT2D eigenvalue weighted by molar-refractivity contribution is 0.158. The molecular weight excluding hydrogens is 204 g/mol. The molecule has 4 heteroatoms. The molecular formula is C12H12N2O2. The van der Waals surface area contributed by atoms with Gasteiger partial charge in [-0.3, -0.25) is 4.98 Å². The van der Waals surface area contributed by atoms with Crippen molar-refractivity contribution < 1.29 is 9.53 Å². The van der Waals surface area contributed by atoms with Crippen LogP contribution in [0.1, 0.15) is 5.56 Å². The van der Waals surface area contributed by atoms with E-state index < -0.39 is 6.09 Å². The molecule has 0 aliphatic rings. The van der Waals surface area contributed by atoms with Gasteiger partial charge >= 0.3 is 6.09 Å². The van der Waals surface area contributed by atoms with Gasteiger partial charge in [-0.2, -0.15) is 0 Å². The van der Waals surface area contributed by atoms with E-state index in [4.69, 9.17) is 5.73 Å². The highest BCUT2D eigenvalue weighted by Gasteiger charge is 1.98. The molecule has 0 bridgehead atoms. The molecule has 4 nitrogen and oxygen atoms in total. The molecule has 2 rings (SSSR count). The van der Waals surface area contributed by atoms with Crippen LogP contribution in [0.25, 0.3) is 10.8 Å². The third kappa shape index (κ3) is 2.48. The van der Waals surface area contributed by atoms with E-state index in [1.807, 2.05) is 24.4 Å². The number of rotatable bonds is 3. The minimum Gasteiger partial charge on any atom is -0.449 e. The smallest absolute Gasteiger partial charge is 0.404 e. The Morgan fingerprint density at radius 3 is 3.00 bits per heavy atom. The number of hydrogen-bond acceptors (Lipinski definition) is 3. The first-order valence-corrected chi connectivity index (χ1v) is 5.00. The Bertz CT molecular complexity index is 511. The van der Waals surface area contributed by atoms with Crippen molar-refractivity contribution in [3.05, 3.63) is 42.2 Å². The fourth-order valence-corrected chi connectivity index (χ4v) is 1.56. The van der Waals surface area contributed by atoms with E-state index in [2.05, 4.69) is 15.8 Å². The van der Waals surface area contributed by atoms with Gasteiger partial charge in [-0.25, -0.2) is 4.79 Å². The first-order valence-electron chi connectivity index (χ1n) is 5.00. The lowest BCUT2D eigenvalue weighted by atomic mass is 10.1. The summed E-state index contributed by atoms with van der Waals surface area (Å²) >= 11 is 0. The van der Waals surface area contributed by atoms with Crippen molar-refractivity contribution >= 4 is 16.9 Å². The lowest BCUT2D eigenvalue weighted by Crippen LogP contribution is -2.14. The van der Waals surface area contributed by atoms with Crippen molar-refractivity contribution in [2.24, 2.45) is 5.73 Å². The van der Waals surface area contributed by atoms with E-state index in [9.17, 15) is 4.79 Å². The van der Waals surface area contributed by atoms with Gasteiger partial charge in [0.2, 0.25) is 0 Å². The third-order valence-electron chi connectivity index (χ3n) is 2.34. The Morgan fingerprint density at radius 2 is 2.19 bits per heavy atom. The lowest BCUT2D eigenvalue weighted by Gasteiger charge is -2.03. The maximum atomic E-state index is 10.4. The largest absolute Gasteiger partial charge is 0.449 e. The Kier molecular flexibility index (Phi) is 3.00. The van der Waals surface area contributed by atoms with Crippen LogP contribution in [0.5, 0.6) is 0 Å².